The maximum atomic E-state index is 6.16. The van der Waals surface area contributed by atoms with Crippen molar-refractivity contribution in [3.63, 3.8) is 0 Å². The molecule has 1 N–H and O–H groups in total. The molecule has 3 aliphatic heterocycles. The summed E-state index contributed by atoms with van der Waals surface area (Å²) in [6.07, 6.45) is 6.46. The van der Waals surface area contributed by atoms with Gasteiger partial charge in [0.05, 0.1) is 18.8 Å². The number of hydrogen-bond donors (Lipinski definition) is 1. The molecule has 176 valence electrons. The summed E-state index contributed by atoms with van der Waals surface area (Å²) >= 11 is 0. The van der Waals surface area contributed by atoms with E-state index in [0.29, 0.717) is 18.2 Å². The number of likely N-dealkylation sites (tertiary alicyclic amines) is 1. The van der Waals surface area contributed by atoms with Gasteiger partial charge in [-0.1, -0.05) is 6.92 Å². The molecule has 7 nitrogen and oxygen atoms in total. The highest BCUT2D eigenvalue weighted by molar-refractivity contribution is 14.0. The van der Waals surface area contributed by atoms with Crippen LogP contribution in [0.1, 0.15) is 46.0 Å². The Hall–Kier alpha value is -0.160. The van der Waals surface area contributed by atoms with Crippen LogP contribution in [-0.2, 0) is 9.47 Å². The number of halogens is 1. The molecule has 0 amide bonds. The number of piperazine rings is 1. The van der Waals surface area contributed by atoms with Crippen molar-refractivity contribution in [2.24, 2.45) is 4.99 Å². The lowest BCUT2D eigenvalue weighted by atomic mass is 10.1. The van der Waals surface area contributed by atoms with Crippen molar-refractivity contribution in [2.75, 3.05) is 72.6 Å². The van der Waals surface area contributed by atoms with Gasteiger partial charge < -0.3 is 24.6 Å². The van der Waals surface area contributed by atoms with Gasteiger partial charge in [-0.2, -0.15) is 0 Å². The van der Waals surface area contributed by atoms with E-state index in [1.807, 2.05) is 7.05 Å². The van der Waals surface area contributed by atoms with Crippen molar-refractivity contribution >= 4 is 29.9 Å². The second-order valence-electron chi connectivity index (χ2n) is 8.76. The number of hydrogen-bond acceptors (Lipinski definition) is 5. The predicted molar refractivity (Wildman–Crippen MR) is 134 cm³/mol. The Labute approximate surface area is 200 Å². The Kier molecular flexibility index (Phi) is 12.2. The van der Waals surface area contributed by atoms with Gasteiger partial charge in [-0.25, -0.2) is 0 Å². The molecule has 3 rings (SSSR count). The molecule has 0 radical (unpaired) electrons. The highest BCUT2D eigenvalue weighted by Gasteiger charge is 2.25. The monoisotopic (exact) mass is 537 g/mol. The van der Waals surface area contributed by atoms with Crippen LogP contribution in [0.5, 0.6) is 0 Å². The molecule has 8 heteroatoms. The molecule has 3 fully saturated rings. The van der Waals surface area contributed by atoms with Crippen LogP contribution in [0.15, 0.2) is 4.99 Å². The maximum absolute atomic E-state index is 6.16. The van der Waals surface area contributed by atoms with E-state index in [2.05, 4.69) is 38.9 Å². The Bertz CT molecular complexity index is 488. The molecular weight excluding hydrogens is 493 g/mol. The number of rotatable bonds is 7. The zero-order valence-corrected chi connectivity index (χ0v) is 21.7. The van der Waals surface area contributed by atoms with Crippen molar-refractivity contribution in [2.45, 2.75) is 64.2 Å². The van der Waals surface area contributed by atoms with Gasteiger partial charge in [-0.3, -0.25) is 9.89 Å². The van der Waals surface area contributed by atoms with Gasteiger partial charge in [-0.05, 0) is 45.6 Å². The van der Waals surface area contributed by atoms with Gasteiger partial charge in [0, 0.05) is 65.5 Å². The highest BCUT2D eigenvalue weighted by Crippen LogP contribution is 2.18. The number of nitrogens with one attached hydrogen (secondary N) is 1. The van der Waals surface area contributed by atoms with Crippen LogP contribution in [-0.4, -0.2) is 112 Å². The largest absolute Gasteiger partial charge is 0.376 e. The first kappa shape index (κ1) is 26.1. The van der Waals surface area contributed by atoms with Crippen molar-refractivity contribution in [3.05, 3.63) is 0 Å². The van der Waals surface area contributed by atoms with Crippen molar-refractivity contribution in [1.29, 1.82) is 0 Å². The molecule has 0 aromatic rings. The molecule has 0 aromatic heterocycles. The number of nitrogens with zero attached hydrogens (tertiary/aromatic N) is 4. The summed E-state index contributed by atoms with van der Waals surface area (Å²) < 4.78 is 11.9. The highest BCUT2D eigenvalue weighted by atomic mass is 127. The van der Waals surface area contributed by atoms with Crippen molar-refractivity contribution in [1.82, 2.24) is 20.0 Å². The number of likely N-dealkylation sites (N-methyl/N-ethyl adjacent to an activating group) is 1. The number of piperidine rings is 1. The van der Waals surface area contributed by atoms with Crippen LogP contribution < -0.4 is 5.32 Å². The van der Waals surface area contributed by atoms with Crippen LogP contribution in [0.25, 0.3) is 0 Å². The minimum Gasteiger partial charge on any atom is -0.376 e. The first-order valence-corrected chi connectivity index (χ1v) is 11.8. The standard InChI is InChI=1S/C22H43N5O2.HI/c1-4-25-12-14-26(15-13-25)19(2)17-24-22(23-3)27-10-8-20(9-11-27)29-18-21-7-5-6-16-28-21;/h19-21H,4-18H2,1-3H3,(H,23,24);1H. The second kappa shape index (κ2) is 14.1. The lowest BCUT2D eigenvalue weighted by molar-refractivity contribution is -0.0721. The van der Waals surface area contributed by atoms with Crippen molar-refractivity contribution in [3.8, 4) is 0 Å². The Morgan fingerprint density at radius 3 is 2.43 bits per heavy atom. The average molecular weight is 538 g/mol. The average Bonchev–Trinajstić information content (AvgIpc) is 2.79. The molecule has 0 spiro atoms. The zero-order chi connectivity index (χ0) is 20.5. The summed E-state index contributed by atoms with van der Waals surface area (Å²) in [6.45, 7) is 15.1. The van der Waals surface area contributed by atoms with E-state index in [-0.39, 0.29) is 24.0 Å². The van der Waals surface area contributed by atoms with Crippen LogP contribution in [0.4, 0.5) is 0 Å². The molecule has 30 heavy (non-hydrogen) atoms. The topological polar surface area (TPSA) is 52.6 Å². The van der Waals surface area contributed by atoms with E-state index in [0.717, 1.165) is 58.1 Å². The van der Waals surface area contributed by atoms with Gasteiger partial charge >= 0.3 is 0 Å². The summed E-state index contributed by atoms with van der Waals surface area (Å²) in [5.74, 6) is 1.04. The first-order chi connectivity index (χ1) is 14.2. The normalized spacial score (nSPS) is 26.3. The minimum atomic E-state index is 0. The van der Waals surface area contributed by atoms with E-state index in [1.165, 1.54) is 45.6 Å². The van der Waals surface area contributed by atoms with E-state index in [4.69, 9.17) is 9.47 Å². The molecular formula is C22H44IN5O2. The Balaban J connectivity index is 0.00000320. The smallest absolute Gasteiger partial charge is 0.193 e. The molecule has 0 saturated carbocycles. The van der Waals surface area contributed by atoms with Crippen LogP contribution in [0.3, 0.4) is 0 Å². The van der Waals surface area contributed by atoms with Crippen molar-refractivity contribution < 1.29 is 9.47 Å². The number of aliphatic imine (C=N–C) groups is 1. The van der Waals surface area contributed by atoms with Crippen LogP contribution in [0.2, 0.25) is 0 Å². The van der Waals surface area contributed by atoms with Gasteiger partial charge in [-0.15, -0.1) is 24.0 Å². The minimum absolute atomic E-state index is 0. The quantitative estimate of drug-likeness (QED) is 0.306. The third-order valence-electron chi connectivity index (χ3n) is 6.78. The fraction of sp³-hybridized carbons (Fsp3) is 0.955. The fourth-order valence-electron chi connectivity index (χ4n) is 4.64. The Morgan fingerprint density at radius 2 is 1.83 bits per heavy atom. The second-order valence-corrected chi connectivity index (χ2v) is 8.76. The Morgan fingerprint density at radius 1 is 1.10 bits per heavy atom. The molecule has 2 atom stereocenters. The SMILES string of the molecule is CCN1CCN(C(C)CNC(=NC)N2CCC(OCC3CCCCO3)CC2)CC1.I. The number of ether oxygens (including phenoxy) is 2. The summed E-state index contributed by atoms with van der Waals surface area (Å²) in [4.78, 5) is 12.1. The van der Waals surface area contributed by atoms with Gasteiger partial charge in [0.1, 0.15) is 0 Å². The summed E-state index contributed by atoms with van der Waals surface area (Å²) in [5, 5.41) is 3.62. The summed E-state index contributed by atoms with van der Waals surface area (Å²) in [5.41, 5.74) is 0. The molecule has 0 aliphatic carbocycles. The summed E-state index contributed by atoms with van der Waals surface area (Å²) in [7, 11) is 1.90. The van der Waals surface area contributed by atoms with E-state index in [1.54, 1.807) is 0 Å². The van der Waals surface area contributed by atoms with Gasteiger partial charge in [0.15, 0.2) is 5.96 Å². The molecule has 3 aliphatic rings. The van der Waals surface area contributed by atoms with E-state index < -0.39 is 0 Å². The third-order valence-corrected chi connectivity index (χ3v) is 6.78. The molecule has 3 saturated heterocycles. The molecule has 0 aromatic carbocycles. The van der Waals surface area contributed by atoms with Crippen LogP contribution in [0, 0.1) is 0 Å². The molecule has 3 heterocycles. The number of guanidine groups is 1. The van der Waals surface area contributed by atoms with Gasteiger partial charge in [0.25, 0.3) is 0 Å². The zero-order valence-electron chi connectivity index (χ0n) is 19.4. The summed E-state index contributed by atoms with van der Waals surface area (Å²) in [6, 6.07) is 0.530. The van der Waals surface area contributed by atoms with E-state index in [9.17, 15) is 0 Å². The lowest BCUT2D eigenvalue weighted by Crippen LogP contribution is -2.54. The predicted octanol–water partition coefficient (Wildman–Crippen LogP) is 2.26. The maximum Gasteiger partial charge on any atom is 0.193 e. The first-order valence-electron chi connectivity index (χ1n) is 11.8. The molecule has 0 bridgehead atoms. The lowest BCUT2D eigenvalue weighted by Gasteiger charge is -2.39. The third kappa shape index (κ3) is 8.07. The fourth-order valence-corrected chi connectivity index (χ4v) is 4.64. The van der Waals surface area contributed by atoms with Crippen LogP contribution >= 0.6 is 24.0 Å². The van der Waals surface area contributed by atoms with E-state index >= 15 is 0 Å². The van der Waals surface area contributed by atoms with Gasteiger partial charge in [0.2, 0.25) is 0 Å². The molecule has 2 unspecified atom stereocenters.